The van der Waals surface area contributed by atoms with Crippen LogP contribution in [0.4, 0.5) is 0 Å². The van der Waals surface area contributed by atoms with Crippen molar-refractivity contribution in [2.24, 2.45) is 5.92 Å². The molecule has 0 N–H and O–H groups in total. The second-order valence-electron chi connectivity index (χ2n) is 4.27. The predicted octanol–water partition coefficient (Wildman–Crippen LogP) is 1.93. The molecule has 18 heavy (non-hydrogen) atoms. The molecule has 1 aliphatic rings. The number of carbonyl (C=O) groups excluding carboxylic acids is 2. The summed E-state index contributed by atoms with van der Waals surface area (Å²) in [6.45, 7) is 1.07. The molecule has 0 aliphatic carbocycles. The van der Waals surface area contributed by atoms with Crippen LogP contribution in [0.25, 0.3) is 0 Å². The van der Waals surface area contributed by atoms with Gasteiger partial charge in [-0.3, -0.25) is 9.59 Å². The molecular formula is C13H14INO3. The van der Waals surface area contributed by atoms with Gasteiger partial charge in [-0.1, -0.05) is 0 Å². The van der Waals surface area contributed by atoms with Crippen LogP contribution in [-0.2, 0) is 9.53 Å². The summed E-state index contributed by atoms with van der Waals surface area (Å²) in [4.78, 5) is 25.3. The molecule has 1 aromatic carbocycles. The molecule has 96 valence electrons. The minimum Gasteiger partial charge on any atom is -0.469 e. The minimum absolute atomic E-state index is 0.0159. The second kappa shape index (κ2) is 5.69. The van der Waals surface area contributed by atoms with E-state index in [-0.39, 0.29) is 17.8 Å². The molecule has 0 spiro atoms. The molecule has 0 bridgehead atoms. The van der Waals surface area contributed by atoms with Crippen molar-refractivity contribution >= 4 is 34.5 Å². The maximum absolute atomic E-state index is 12.2. The van der Waals surface area contributed by atoms with Gasteiger partial charge in [0.15, 0.2) is 0 Å². The van der Waals surface area contributed by atoms with Crippen molar-refractivity contribution in [1.82, 2.24) is 4.90 Å². The van der Waals surface area contributed by atoms with Crippen molar-refractivity contribution in [1.29, 1.82) is 0 Å². The molecule has 4 nitrogen and oxygen atoms in total. The smallest absolute Gasteiger partial charge is 0.310 e. The van der Waals surface area contributed by atoms with Gasteiger partial charge in [0.05, 0.1) is 13.0 Å². The fourth-order valence-corrected chi connectivity index (χ4v) is 2.44. The molecule has 0 radical (unpaired) electrons. The number of likely N-dealkylation sites (tertiary alicyclic amines) is 1. The maximum Gasteiger partial charge on any atom is 0.310 e. The first-order chi connectivity index (χ1) is 8.61. The highest BCUT2D eigenvalue weighted by molar-refractivity contribution is 14.1. The Kier molecular flexibility index (Phi) is 4.21. The van der Waals surface area contributed by atoms with Gasteiger partial charge in [0.25, 0.3) is 5.91 Å². The Labute approximate surface area is 119 Å². The molecule has 0 aromatic heterocycles. The van der Waals surface area contributed by atoms with Crippen LogP contribution >= 0.6 is 22.6 Å². The van der Waals surface area contributed by atoms with E-state index in [0.717, 1.165) is 3.57 Å². The van der Waals surface area contributed by atoms with E-state index >= 15 is 0 Å². The molecular weight excluding hydrogens is 345 g/mol. The number of nitrogens with zero attached hydrogens (tertiary/aromatic N) is 1. The van der Waals surface area contributed by atoms with Crippen LogP contribution in [0, 0.1) is 9.49 Å². The molecule has 1 saturated heterocycles. The molecule has 1 unspecified atom stereocenters. The highest BCUT2D eigenvalue weighted by Crippen LogP contribution is 2.20. The Balaban J connectivity index is 2.03. The van der Waals surface area contributed by atoms with E-state index in [2.05, 4.69) is 22.6 Å². The van der Waals surface area contributed by atoms with Gasteiger partial charge in [-0.05, 0) is 53.3 Å². The Morgan fingerprint density at radius 2 is 2.00 bits per heavy atom. The molecule has 1 heterocycles. The van der Waals surface area contributed by atoms with Crippen LogP contribution < -0.4 is 0 Å². The number of ether oxygens (including phenoxy) is 1. The Hall–Kier alpha value is -1.11. The number of amides is 1. The summed E-state index contributed by atoms with van der Waals surface area (Å²) < 4.78 is 5.80. The molecule has 1 fully saturated rings. The molecule has 0 saturated carbocycles. The van der Waals surface area contributed by atoms with E-state index in [9.17, 15) is 9.59 Å². The highest BCUT2D eigenvalue weighted by Gasteiger charge is 2.31. The molecule has 5 heteroatoms. The second-order valence-corrected chi connectivity index (χ2v) is 5.51. The first kappa shape index (κ1) is 13.3. The average molecular weight is 359 g/mol. The zero-order chi connectivity index (χ0) is 13.1. The van der Waals surface area contributed by atoms with Gasteiger partial charge in [0.1, 0.15) is 0 Å². The maximum atomic E-state index is 12.2. The molecule has 2 rings (SSSR count). The molecule has 1 amide bonds. The number of hydrogen-bond donors (Lipinski definition) is 0. The number of rotatable bonds is 2. The zero-order valence-electron chi connectivity index (χ0n) is 10.1. The van der Waals surface area contributed by atoms with Crippen LogP contribution in [0.1, 0.15) is 16.8 Å². The van der Waals surface area contributed by atoms with Crippen LogP contribution in [-0.4, -0.2) is 37.0 Å². The monoisotopic (exact) mass is 359 g/mol. The lowest BCUT2D eigenvalue weighted by molar-refractivity contribution is -0.144. The number of methoxy groups -OCH3 is 1. The third-order valence-electron chi connectivity index (χ3n) is 3.10. The first-order valence-electron chi connectivity index (χ1n) is 5.74. The van der Waals surface area contributed by atoms with Gasteiger partial charge < -0.3 is 9.64 Å². The zero-order valence-corrected chi connectivity index (χ0v) is 12.2. The summed E-state index contributed by atoms with van der Waals surface area (Å²) in [5.74, 6) is -0.423. The van der Waals surface area contributed by atoms with Crippen molar-refractivity contribution in [3.63, 3.8) is 0 Å². The van der Waals surface area contributed by atoms with Gasteiger partial charge in [0.2, 0.25) is 0 Å². The SMILES string of the molecule is COC(=O)C1CCN(C(=O)c2ccc(I)cc2)C1. The standard InChI is InChI=1S/C13H14INO3/c1-18-13(17)10-6-7-15(8-10)12(16)9-2-4-11(14)5-3-9/h2-5,10H,6-8H2,1H3. The summed E-state index contributed by atoms with van der Waals surface area (Å²) in [6.07, 6.45) is 0.683. The lowest BCUT2D eigenvalue weighted by atomic mass is 10.1. The van der Waals surface area contributed by atoms with E-state index in [1.807, 2.05) is 24.3 Å². The van der Waals surface area contributed by atoms with Crippen molar-refractivity contribution in [2.75, 3.05) is 20.2 Å². The van der Waals surface area contributed by atoms with Crippen molar-refractivity contribution in [3.8, 4) is 0 Å². The number of esters is 1. The van der Waals surface area contributed by atoms with Gasteiger partial charge >= 0.3 is 5.97 Å². The normalized spacial score (nSPS) is 18.8. The van der Waals surface area contributed by atoms with E-state index < -0.39 is 0 Å². The van der Waals surface area contributed by atoms with Gasteiger partial charge in [-0.15, -0.1) is 0 Å². The van der Waals surface area contributed by atoms with Crippen LogP contribution in [0.3, 0.4) is 0 Å². The summed E-state index contributed by atoms with van der Waals surface area (Å²) >= 11 is 2.20. The topological polar surface area (TPSA) is 46.6 Å². The first-order valence-corrected chi connectivity index (χ1v) is 6.82. The summed E-state index contributed by atoms with van der Waals surface area (Å²) in [6, 6.07) is 7.44. The van der Waals surface area contributed by atoms with Gasteiger partial charge in [-0.25, -0.2) is 0 Å². The Morgan fingerprint density at radius 1 is 1.33 bits per heavy atom. The Bertz CT molecular complexity index is 458. The number of carbonyl (C=O) groups is 2. The van der Waals surface area contributed by atoms with E-state index in [4.69, 9.17) is 4.74 Å². The largest absolute Gasteiger partial charge is 0.469 e. The van der Waals surface area contributed by atoms with Crippen LogP contribution in [0.5, 0.6) is 0 Å². The average Bonchev–Trinajstić information content (AvgIpc) is 2.87. The predicted molar refractivity (Wildman–Crippen MR) is 75.2 cm³/mol. The van der Waals surface area contributed by atoms with Crippen LogP contribution in [0.15, 0.2) is 24.3 Å². The third kappa shape index (κ3) is 2.82. The van der Waals surface area contributed by atoms with Crippen molar-refractivity contribution < 1.29 is 14.3 Å². The lowest BCUT2D eigenvalue weighted by Crippen LogP contribution is -2.30. The number of halogens is 1. The Morgan fingerprint density at radius 3 is 2.61 bits per heavy atom. The number of benzene rings is 1. The molecule has 1 atom stereocenters. The minimum atomic E-state index is -0.229. The van der Waals surface area contributed by atoms with Crippen molar-refractivity contribution in [3.05, 3.63) is 33.4 Å². The highest BCUT2D eigenvalue weighted by atomic mass is 127. The fourth-order valence-electron chi connectivity index (χ4n) is 2.08. The van der Waals surface area contributed by atoms with Crippen molar-refractivity contribution in [2.45, 2.75) is 6.42 Å². The van der Waals surface area contributed by atoms with Crippen LogP contribution in [0.2, 0.25) is 0 Å². The van der Waals surface area contributed by atoms with E-state index in [1.165, 1.54) is 7.11 Å². The summed E-state index contributed by atoms with van der Waals surface area (Å²) in [5, 5.41) is 0. The lowest BCUT2D eigenvalue weighted by Gasteiger charge is -2.16. The number of hydrogen-bond acceptors (Lipinski definition) is 3. The molecule has 1 aliphatic heterocycles. The van der Waals surface area contributed by atoms with E-state index in [1.54, 1.807) is 4.90 Å². The quantitative estimate of drug-likeness (QED) is 0.599. The summed E-state index contributed by atoms with van der Waals surface area (Å²) in [5.41, 5.74) is 0.668. The molecule has 1 aromatic rings. The summed E-state index contributed by atoms with van der Waals surface area (Å²) in [7, 11) is 1.38. The third-order valence-corrected chi connectivity index (χ3v) is 3.82. The van der Waals surface area contributed by atoms with Gasteiger partial charge in [0, 0.05) is 22.2 Å². The fraction of sp³-hybridized carbons (Fsp3) is 0.385. The van der Waals surface area contributed by atoms with E-state index in [0.29, 0.717) is 25.1 Å². The van der Waals surface area contributed by atoms with Gasteiger partial charge in [-0.2, -0.15) is 0 Å².